The van der Waals surface area contributed by atoms with Crippen molar-refractivity contribution in [2.75, 3.05) is 0 Å². The van der Waals surface area contributed by atoms with E-state index in [1.807, 2.05) is 70.8 Å². The second-order valence-corrected chi connectivity index (χ2v) is 17.5. The van der Waals surface area contributed by atoms with Crippen LogP contribution in [0.1, 0.15) is 106 Å². The summed E-state index contributed by atoms with van der Waals surface area (Å²) in [5.41, 5.74) is 4.47. The van der Waals surface area contributed by atoms with Crippen molar-refractivity contribution in [3.05, 3.63) is 83.8 Å². The van der Waals surface area contributed by atoms with Crippen LogP contribution in [0.5, 0.6) is 0 Å². The molecule has 1 aliphatic rings. The largest absolute Gasteiger partial charge is 0.512 e. The number of aliphatic hydroxyl groups is 1. The molecule has 0 aliphatic carbocycles. The van der Waals surface area contributed by atoms with Gasteiger partial charge in [-0.25, -0.2) is 0 Å². The number of aliphatic hydroxyl groups excluding tert-OH is 1. The first-order valence-electron chi connectivity index (χ1n) is 17.6. The third-order valence-corrected chi connectivity index (χ3v) is 13.3. The molecule has 1 N–H and O–H groups in total. The van der Waals surface area contributed by atoms with E-state index in [-0.39, 0.29) is 47.9 Å². The fourth-order valence-corrected chi connectivity index (χ4v) is 8.95. The molecule has 1 atom stereocenters. The smallest absolute Gasteiger partial charge is 0.164 e. The number of allylic oxidation sites excluding steroid dienone is 2. The number of ketones is 1. The van der Waals surface area contributed by atoms with Gasteiger partial charge in [-0.1, -0.05) is 98.4 Å². The van der Waals surface area contributed by atoms with E-state index in [4.69, 9.17) is 4.98 Å². The number of hydrogen-bond donors (Lipinski definition) is 1. The molecule has 2 aromatic heterocycles. The number of hydrogen-bond acceptors (Lipinski definition) is 5. The summed E-state index contributed by atoms with van der Waals surface area (Å²) >= 11 is 3.88. The van der Waals surface area contributed by atoms with Gasteiger partial charge in [-0.15, -0.1) is 52.2 Å². The maximum absolute atomic E-state index is 12.2. The van der Waals surface area contributed by atoms with Crippen LogP contribution < -0.4 is 0 Å². The van der Waals surface area contributed by atoms with Crippen molar-refractivity contribution in [1.29, 1.82) is 0 Å². The SMILES string of the molecule is CC1Cc2c(ccc3sc4c(-c5[c-]c6ccccc6c(C(C)(C)C)c5)nccc4c23)S1.CCC(C)(CC)C(=O)/C=C(\O)C(C)(CC)CC.[Ir]. The van der Waals surface area contributed by atoms with E-state index >= 15 is 0 Å². The molecule has 263 valence electrons. The van der Waals surface area contributed by atoms with Gasteiger partial charge in [0.25, 0.3) is 0 Å². The van der Waals surface area contributed by atoms with Crippen LogP contribution in [0.15, 0.2) is 71.5 Å². The zero-order chi connectivity index (χ0) is 35.0. The molecular formula is C43H52IrNO2S2-. The van der Waals surface area contributed by atoms with E-state index < -0.39 is 0 Å². The minimum Gasteiger partial charge on any atom is -0.512 e. The van der Waals surface area contributed by atoms with Crippen molar-refractivity contribution in [2.24, 2.45) is 10.8 Å². The first kappa shape index (κ1) is 39.3. The van der Waals surface area contributed by atoms with E-state index in [1.54, 1.807) is 0 Å². The standard InChI is InChI=1S/C28H24NS2.C15H28O2.Ir/c1-16-13-21-23(30-16)9-10-24-25(21)20-11-12-29-26(27(20)31-24)18-14-17-7-5-6-8-19(17)22(15-18)28(2,3)4;1-7-14(5,8-2)12(16)11-13(17)15(6,9-3)10-4;/h5-12,15-16H,13H2,1-4H3;11,16H,7-10H2,1-6H3;/q-1;;/b;12-11-;. The third-order valence-electron chi connectivity index (χ3n) is 10.9. The number of thiophene rings is 1. The number of rotatable bonds is 8. The average Bonchev–Trinajstić information content (AvgIpc) is 3.66. The van der Waals surface area contributed by atoms with Crippen LogP contribution in [-0.4, -0.2) is 21.1 Å². The fourth-order valence-electron chi connectivity index (χ4n) is 6.56. The first-order chi connectivity index (χ1) is 22.7. The predicted octanol–water partition coefficient (Wildman–Crippen LogP) is 13.1. The molecule has 0 saturated heterocycles. The Morgan fingerprint density at radius 1 is 0.939 bits per heavy atom. The Bertz CT molecular complexity index is 1990. The van der Waals surface area contributed by atoms with Gasteiger partial charge in [0, 0.05) is 73.8 Å². The van der Waals surface area contributed by atoms with E-state index in [9.17, 15) is 9.90 Å². The molecule has 3 heterocycles. The van der Waals surface area contributed by atoms with Gasteiger partial charge in [0.2, 0.25) is 0 Å². The summed E-state index contributed by atoms with van der Waals surface area (Å²) in [4.78, 5) is 18.5. The molecule has 1 aliphatic heterocycles. The minimum atomic E-state index is -0.337. The number of carbonyl (C=O) groups excluding carboxylic acids is 1. The predicted molar refractivity (Wildman–Crippen MR) is 210 cm³/mol. The molecule has 6 rings (SSSR count). The average molecular weight is 871 g/mol. The fraction of sp³-hybridized carbons (Fsp3) is 0.442. The van der Waals surface area contributed by atoms with Crippen LogP contribution in [0.2, 0.25) is 0 Å². The Kier molecular flexibility index (Phi) is 12.3. The summed E-state index contributed by atoms with van der Waals surface area (Å²) in [5, 5.41) is 16.0. The molecule has 5 aromatic rings. The Morgan fingerprint density at radius 3 is 2.22 bits per heavy atom. The van der Waals surface area contributed by atoms with Crippen molar-refractivity contribution in [2.45, 2.75) is 117 Å². The number of benzene rings is 3. The molecule has 0 saturated carbocycles. The van der Waals surface area contributed by atoms with Crippen LogP contribution in [0, 0.1) is 16.9 Å². The summed E-state index contributed by atoms with van der Waals surface area (Å²) in [6, 6.07) is 21.4. The maximum Gasteiger partial charge on any atom is 0.164 e. The van der Waals surface area contributed by atoms with Crippen LogP contribution >= 0.6 is 23.1 Å². The normalized spacial score (nSPS) is 15.2. The molecule has 0 amide bonds. The first-order valence-corrected chi connectivity index (χ1v) is 19.3. The van der Waals surface area contributed by atoms with Gasteiger partial charge < -0.3 is 5.11 Å². The molecule has 0 bridgehead atoms. The summed E-state index contributed by atoms with van der Waals surface area (Å²) in [7, 11) is 0. The Balaban J connectivity index is 0.000000260. The summed E-state index contributed by atoms with van der Waals surface area (Å²) in [6.45, 7) is 21.3. The van der Waals surface area contributed by atoms with Gasteiger partial charge >= 0.3 is 0 Å². The van der Waals surface area contributed by atoms with Crippen molar-refractivity contribution in [3.8, 4) is 11.3 Å². The van der Waals surface area contributed by atoms with E-state index in [2.05, 4.69) is 82.3 Å². The van der Waals surface area contributed by atoms with Gasteiger partial charge in [-0.2, -0.15) is 0 Å². The molecule has 1 radical (unpaired) electrons. The third kappa shape index (κ3) is 7.74. The van der Waals surface area contributed by atoms with Crippen LogP contribution in [0.25, 0.3) is 42.2 Å². The number of aromatic nitrogens is 1. The van der Waals surface area contributed by atoms with Gasteiger partial charge in [0.05, 0.1) is 0 Å². The molecule has 0 spiro atoms. The summed E-state index contributed by atoms with van der Waals surface area (Å²) < 4.78 is 2.65. The van der Waals surface area contributed by atoms with E-state index in [0.717, 1.165) is 48.7 Å². The molecule has 49 heavy (non-hydrogen) atoms. The van der Waals surface area contributed by atoms with Gasteiger partial charge in [0.15, 0.2) is 5.78 Å². The second-order valence-electron chi connectivity index (χ2n) is 15.0. The van der Waals surface area contributed by atoms with Crippen LogP contribution in [-0.2, 0) is 36.7 Å². The second kappa shape index (κ2) is 15.4. The Morgan fingerprint density at radius 2 is 1.59 bits per heavy atom. The van der Waals surface area contributed by atoms with Gasteiger partial charge in [-0.3, -0.25) is 9.78 Å². The van der Waals surface area contributed by atoms with Crippen molar-refractivity contribution in [1.82, 2.24) is 4.98 Å². The Labute approximate surface area is 315 Å². The van der Waals surface area contributed by atoms with Crippen LogP contribution in [0.4, 0.5) is 0 Å². The number of fused-ring (bicyclic) bond motifs is 6. The summed E-state index contributed by atoms with van der Waals surface area (Å²) in [5.74, 6) is 0.286. The molecule has 3 nitrogen and oxygen atoms in total. The quantitative estimate of drug-likeness (QED) is 0.0959. The monoisotopic (exact) mass is 871 g/mol. The molecule has 1 unspecified atom stereocenters. The van der Waals surface area contributed by atoms with E-state index in [0.29, 0.717) is 5.25 Å². The van der Waals surface area contributed by atoms with Crippen LogP contribution in [0.3, 0.4) is 0 Å². The van der Waals surface area contributed by atoms with E-state index in [1.165, 1.54) is 47.7 Å². The number of carbonyl (C=O) groups is 1. The number of nitrogens with zero attached hydrogens (tertiary/aromatic N) is 1. The number of pyridine rings is 1. The summed E-state index contributed by atoms with van der Waals surface area (Å²) in [6.07, 6.45) is 7.88. The van der Waals surface area contributed by atoms with Gasteiger partial charge in [0.1, 0.15) is 5.76 Å². The maximum atomic E-state index is 12.2. The van der Waals surface area contributed by atoms with Crippen molar-refractivity contribution >= 4 is 59.8 Å². The van der Waals surface area contributed by atoms with Gasteiger partial charge in [-0.05, 0) is 66.7 Å². The van der Waals surface area contributed by atoms with Crippen molar-refractivity contribution < 1.29 is 30.0 Å². The molecular weight excluding hydrogens is 819 g/mol. The molecule has 3 aromatic carbocycles. The zero-order valence-corrected chi connectivity index (χ0v) is 34.9. The topological polar surface area (TPSA) is 50.2 Å². The Hall–Kier alpha value is -2.50. The molecule has 6 heteroatoms. The minimum absolute atomic E-state index is 0. The number of thioether (sulfide) groups is 1. The van der Waals surface area contributed by atoms with Crippen molar-refractivity contribution in [3.63, 3.8) is 0 Å². The molecule has 0 fully saturated rings. The zero-order valence-electron chi connectivity index (χ0n) is 30.8.